The number of nitriles is 2. The van der Waals surface area contributed by atoms with Crippen LogP contribution >= 0.6 is 12.4 Å². The molecule has 0 saturated carbocycles. The van der Waals surface area contributed by atoms with Crippen molar-refractivity contribution in [3.05, 3.63) is 64.7 Å². The quantitative estimate of drug-likeness (QED) is 0.672. The Balaban J connectivity index is 0.00000289. The molecule has 4 rings (SSSR count). The van der Waals surface area contributed by atoms with E-state index < -0.39 is 0 Å². The first kappa shape index (κ1) is 23.6. The minimum absolute atomic E-state index is 0. The van der Waals surface area contributed by atoms with Crippen molar-refractivity contribution in [2.75, 3.05) is 26.2 Å². The highest BCUT2D eigenvalue weighted by molar-refractivity contribution is 5.94. The minimum Gasteiger partial charge on any atom is -0.492 e. The number of nitrogens with one attached hydrogen (secondary N) is 1. The van der Waals surface area contributed by atoms with E-state index in [2.05, 4.69) is 22.4 Å². The van der Waals surface area contributed by atoms with Crippen LogP contribution in [0.2, 0.25) is 0 Å². The summed E-state index contributed by atoms with van der Waals surface area (Å²) in [5, 5.41) is 21.0. The highest BCUT2D eigenvalue weighted by Crippen LogP contribution is 2.41. The number of piperidine rings is 1. The zero-order valence-electron chi connectivity index (χ0n) is 17.9. The summed E-state index contributed by atoms with van der Waals surface area (Å²) in [6.07, 6.45) is 4.19. The Kier molecular flexibility index (Phi) is 8.11. The molecule has 1 amide bonds. The number of hydrogen-bond acceptors (Lipinski definition) is 5. The van der Waals surface area contributed by atoms with Crippen molar-refractivity contribution in [2.24, 2.45) is 0 Å². The van der Waals surface area contributed by atoms with E-state index in [9.17, 15) is 10.1 Å². The Bertz CT molecular complexity index is 1030. The van der Waals surface area contributed by atoms with Crippen LogP contribution in [0.5, 0.6) is 5.75 Å². The van der Waals surface area contributed by atoms with Crippen LogP contribution < -0.4 is 10.1 Å². The highest BCUT2D eigenvalue weighted by Gasteiger charge is 2.37. The number of unbranched alkanes of at least 4 members (excludes halogenated alkanes) is 1. The SMILES string of the molecule is Cl.N#Cc1ccc(C(=O)NCCCCN2CCCC3c4cc(C#N)ccc4OCC32)cc1. The first-order valence-electron chi connectivity index (χ1n) is 10.9. The molecule has 2 unspecified atom stereocenters. The Hall–Kier alpha value is -3.06. The van der Waals surface area contributed by atoms with Gasteiger partial charge in [0.25, 0.3) is 5.91 Å². The molecule has 1 saturated heterocycles. The van der Waals surface area contributed by atoms with E-state index in [0.717, 1.165) is 44.5 Å². The summed E-state index contributed by atoms with van der Waals surface area (Å²) in [5.74, 6) is 1.24. The topological polar surface area (TPSA) is 89.2 Å². The van der Waals surface area contributed by atoms with E-state index in [1.807, 2.05) is 18.2 Å². The number of hydrogen-bond donors (Lipinski definition) is 1. The van der Waals surface area contributed by atoms with E-state index in [4.69, 9.17) is 10.00 Å². The second kappa shape index (κ2) is 11.0. The number of amides is 1. The van der Waals surface area contributed by atoms with Crippen LogP contribution in [0.15, 0.2) is 42.5 Å². The van der Waals surface area contributed by atoms with Crippen LogP contribution in [-0.4, -0.2) is 43.1 Å². The number of nitrogens with zero attached hydrogens (tertiary/aromatic N) is 3. The number of carbonyl (C=O) groups is 1. The number of benzene rings is 2. The molecular formula is C25H27ClN4O2. The predicted molar refractivity (Wildman–Crippen MR) is 124 cm³/mol. The average molecular weight is 451 g/mol. The molecule has 0 aromatic heterocycles. The molecule has 6 nitrogen and oxygen atoms in total. The van der Waals surface area contributed by atoms with E-state index >= 15 is 0 Å². The molecule has 0 bridgehead atoms. The van der Waals surface area contributed by atoms with Gasteiger partial charge in [-0.2, -0.15) is 10.5 Å². The van der Waals surface area contributed by atoms with Crippen molar-refractivity contribution in [3.8, 4) is 17.9 Å². The minimum atomic E-state index is -0.104. The lowest BCUT2D eigenvalue weighted by Gasteiger charge is -2.44. The molecule has 2 aliphatic heterocycles. The Morgan fingerprint density at radius 3 is 2.59 bits per heavy atom. The number of halogens is 1. The first-order valence-corrected chi connectivity index (χ1v) is 10.9. The molecule has 7 heteroatoms. The zero-order valence-corrected chi connectivity index (χ0v) is 18.7. The Labute approximate surface area is 195 Å². The van der Waals surface area contributed by atoms with Gasteiger partial charge in [0.2, 0.25) is 0 Å². The maximum Gasteiger partial charge on any atom is 0.251 e. The molecule has 32 heavy (non-hydrogen) atoms. The van der Waals surface area contributed by atoms with E-state index in [1.54, 1.807) is 24.3 Å². The van der Waals surface area contributed by atoms with Gasteiger partial charge in [0.05, 0.1) is 29.3 Å². The summed E-state index contributed by atoms with van der Waals surface area (Å²) in [6.45, 7) is 3.37. The molecule has 1 N–H and O–H groups in total. The van der Waals surface area contributed by atoms with Crippen molar-refractivity contribution in [1.29, 1.82) is 10.5 Å². The van der Waals surface area contributed by atoms with Crippen LogP contribution in [0, 0.1) is 22.7 Å². The lowest BCUT2D eigenvalue weighted by atomic mass is 9.81. The molecule has 2 heterocycles. The van der Waals surface area contributed by atoms with Gasteiger partial charge in [-0.25, -0.2) is 0 Å². The molecular weight excluding hydrogens is 424 g/mol. The second-order valence-corrected chi connectivity index (χ2v) is 8.18. The average Bonchev–Trinajstić information content (AvgIpc) is 2.83. The zero-order chi connectivity index (χ0) is 21.6. The van der Waals surface area contributed by atoms with Gasteiger partial charge in [-0.3, -0.25) is 9.69 Å². The number of likely N-dealkylation sites (tertiary alicyclic amines) is 1. The van der Waals surface area contributed by atoms with Gasteiger partial charge < -0.3 is 10.1 Å². The van der Waals surface area contributed by atoms with Crippen LogP contribution in [-0.2, 0) is 0 Å². The van der Waals surface area contributed by atoms with Crippen LogP contribution in [0.4, 0.5) is 0 Å². The maximum atomic E-state index is 12.2. The summed E-state index contributed by atoms with van der Waals surface area (Å²) in [7, 11) is 0. The molecule has 2 aliphatic rings. The van der Waals surface area contributed by atoms with Crippen LogP contribution in [0.1, 0.15) is 58.6 Å². The normalized spacial score (nSPS) is 19.2. The number of ether oxygens (including phenoxy) is 1. The number of fused-ring (bicyclic) bond motifs is 3. The molecule has 2 aromatic rings. The smallest absolute Gasteiger partial charge is 0.251 e. The van der Waals surface area contributed by atoms with Crippen LogP contribution in [0.25, 0.3) is 0 Å². The first-order chi connectivity index (χ1) is 15.2. The maximum absolute atomic E-state index is 12.2. The largest absolute Gasteiger partial charge is 0.492 e. The molecule has 1 fully saturated rings. The van der Waals surface area contributed by atoms with E-state index in [1.165, 1.54) is 5.56 Å². The standard InChI is InChI=1S/C25H26N4O2.ClH/c26-15-18-5-8-20(9-6-18)25(30)28-11-1-2-12-29-13-3-4-21-22-14-19(16-27)7-10-24(22)31-17-23(21)29;/h5-10,14,21,23H,1-4,11-13,17H2,(H,28,30);1H. The summed E-state index contributed by atoms with van der Waals surface area (Å²) < 4.78 is 6.02. The van der Waals surface area contributed by atoms with E-state index in [0.29, 0.717) is 41.8 Å². The van der Waals surface area contributed by atoms with Gasteiger partial charge in [0, 0.05) is 23.6 Å². The fraction of sp³-hybridized carbons (Fsp3) is 0.400. The van der Waals surface area contributed by atoms with Crippen molar-refractivity contribution >= 4 is 18.3 Å². The van der Waals surface area contributed by atoms with Gasteiger partial charge in [-0.05, 0) is 81.2 Å². The van der Waals surface area contributed by atoms with Gasteiger partial charge in [0.1, 0.15) is 12.4 Å². The summed E-state index contributed by atoms with van der Waals surface area (Å²) in [6, 6.07) is 17.1. The Morgan fingerprint density at radius 2 is 1.84 bits per heavy atom. The van der Waals surface area contributed by atoms with Crippen molar-refractivity contribution in [3.63, 3.8) is 0 Å². The van der Waals surface area contributed by atoms with Crippen molar-refractivity contribution in [1.82, 2.24) is 10.2 Å². The van der Waals surface area contributed by atoms with Gasteiger partial charge in [-0.1, -0.05) is 0 Å². The third-order valence-electron chi connectivity index (χ3n) is 6.28. The summed E-state index contributed by atoms with van der Waals surface area (Å²) in [5.41, 5.74) is 3.00. The Morgan fingerprint density at radius 1 is 1.09 bits per heavy atom. The lowest BCUT2D eigenvalue weighted by molar-refractivity contribution is 0.0645. The van der Waals surface area contributed by atoms with Gasteiger partial charge >= 0.3 is 0 Å². The molecule has 166 valence electrons. The molecule has 0 radical (unpaired) electrons. The molecule has 0 spiro atoms. The third-order valence-corrected chi connectivity index (χ3v) is 6.28. The summed E-state index contributed by atoms with van der Waals surface area (Å²) >= 11 is 0. The van der Waals surface area contributed by atoms with Crippen molar-refractivity contribution < 1.29 is 9.53 Å². The van der Waals surface area contributed by atoms with Gasteiger partial charge in [-0.15, -0.1) is 12.4 Å². The highest BCUT2D eigenvalue weighted by atomic mass is 35.5. The second-order valence-electron chi connectivity index (χ2n) is 8.18. The fourth-order valence-corrected chi connectivity index (χ4v) is 4.64. The third kappa shape index (κ3) is 5.22. The monoisotopic (exact) mass is 450 g/mol. The van der Waals surface area contributed by atoms with Crippen LogP contribution in [0.3, 0.4) is 0 Å². The molecule has 2 aromatic carbocycles. The predicted octanol–water partition coefficient (Wildman–Crippen LogP) is 4.00. The lowest BCUT2D eigenvalue weighted by Crippen LogP contribution is -2.49. The fourth-order valence-electron chi connectivity index (χ4n) is 4.64. The number of rotatable bonds is 6. The van der Waals surface area contributed by atoms with E-state index in [-0.39, 0.29) is 18.3 Å². The molecule has 2 atom stereocenters. The molecule has 0 aliphatic carbocycles. The number of carbonyl (C=O) groups excluding carboxylic acids is 1. The van der Waals surface area contributed by atoms with Crippen molar-refractivity contribution in [2.45, 2.75) is 37.6 Å². The summed E-state index contributed by atoms with van der Waals surface area (Å²) in [4.78, 5) is 14.7. The van der Waals surface area contributed by atoms with Gasteiger partial charge in [0.15, 0.2) is 0 Å².